The average molecular weight is 341 g/mol. The standard InChI is InChI=1S/C17H15N3O5/c21-17(10-12-2-1-3-14(8-12)20(22)23)19-18-11-13-4-5-15-16(9-13)25-7-6-24-15/h1-5,8-9,11H,6-7,10H2,(H,19,21)/b18-11+. The Bertz CT molecular complexity index is 835. The Balaban J connectivity index is 1.57. The second-order valence-electron chi connectivity index (χ2n) is 5.30. The molecule has 128 valence electrons. The van der Waals surface area contributed by atoms with E-state index in [9.17, 15) is 14.9 Å². The van der Waals surface area contributed by atoms with E-state index in [2.05, 4.69) is 10.5 Å². The maximum Gasteiger partial charge on any atom is 0.269 e. The number of rotatable bonds is 5. The molecule has 2 aromatic rings. The van der Waals surface area contributed by atoms with Crippen LogP contribution in [0, 0.1) is 10.1 Å². The van der Waals surface area contributed by atoms with E-state index in [4.69, 9.17) is 9.47 Å². The first-order valence-corrected chi connectivity index (χ1v) is 7.57. The molecule has 25 heavy (non-hydrogen) atoms. The van der Waals surface area contributed by atoms with Crippen molar-refractivity contribution in [2.45, 2.75) is 6.42 Å². The van der Waals surface area contributed by atoms with Crippen molar-refractivity contribution in [2.75, 3.05) is 13.2 Å². The van der Waals surface area contributed by atoms with Crippen molar-refractivity contribution in [1.82, 2.24) is 5.43 Å². The first-order chi connectivity index (χ1) is 12.1. The van der Waals surface area contributed by atoms with Gasteiger partial charge in [-0.05, 0) is 29.3 Å². The van der Waals surface area contributed by atoms with Gasteiger partial charge in [-0.1, -0.05) is 12.1 Å². The molecule has 2 aromatic carbocycles. The third-order valence-corrected chi connectivity index (χ3v) is 3.46. The van der Waals surface area contributed by atoms with E-state index < -0.39 is 4.92 Å². The number of benzene rings is 2. The van der Waals surface area contributed by atoms with Crippen molar-refractivity contribution in [2.24, 2.45) is 5.10 Å². The summed E-state index contributed by atoms with van der Waals surface area (Å²) in [7, 11) is 0. The summed E-state index contributed by atoms with van der Waals surface area (Å²) in [6.07, 6.45) is 1.49. The molecule has 0 atom stereocenters. The molecule has 0 unspecified atom stereocenters. The van der Waals surface area contributed by atoms with Gasteiger partial charge in [0.1, 0.15) is 13.2 Å². The topological polar surface area (TPSA) is 103 Å². The molecule has 1 aliphatic heterocycles. The van der Waals surface area contributed by atoms with Gasteiger partial charge < -0.3 is 9.47 Å². The number of carbonyl (C=O) groups is 1. The Kier molecular flexibility index (Phi) is 4.89. The van der Waals surface area contributed by atoms with E-state index in [1.54, 1.807) is 30.3 Å². The van der Waals surface area contributed by atoms with E-state index in [1.807, 2.05) is 0 Å². The number of fused-ring (bicyclic) bond motifs is 1. The third-order valence-electron chi connectivity index (χ3n) is 3.46. The molecule has 8 heteroatoms. The maximum atomic E-state index is 11.9. The summed E-state index contributed by atoms with van der Waals surface area (Å²) in [6.45, 7) is 1.02. The molecule has 0 bridgehead atoms. The molecule has 0 spiro atoms. The van der Waals surface area contributed by atoms with Crippen LogP contribution in [0.5, 0.6) is 11.5 Å². The Morgan fingerprint density at radius 2 is 2.00 bits per heavy atom. The summed E-state index contributed by atoms with van der Waals surface area (Å²) in [5, 5.41) is 14.6. The van der Waals surface area contributed by atoms with Gasteiger partial charge in [-0.25, -0.2) is 5.43 Å². The maximum absolute atomic E-state index is 11.9. The summed E-state index contributed by atoms with van der Waals surface area (Å²) < 4.78 is 10.9. The summed E-state index contributed by atoms with van der Waals surface area (Å²) in [5.74, 6) is 0.950. The SMILES string of the molecule is O=C(Cc1cccc([N+](=O)[O-])c1)N/N=C/c1ccc2c(c1)OCCO2. The summed E-state index contributed by atoms with van der Waals surface area (Å²) in [5.41, 5.74) is 3.64. The van der Waals surface area contributed by atoms with Gasteiger partial charge in [0.15, 0.2) is 11.5 Å². The minimum absolute atomic E-state index is 0.000158. The molecule has 1 amide bonds. The number of ether oxygens (including phenoxy) is 2. The largest absolute Gasteiger partial charge is 0.486 e. The van der Waals surface area contributed by atoms with E-state index in [0.717, 1.165) is 5.56 Å². The van der Waals surface area contributed by atoms with Crippen LogP contribution < -0.4 is 14.9 Å². The highest BCUT2D eigenvalue weighted by Gasteiger charge is 2.11. The van der Waals surface area contributed by atoms with Gasteiger partial charge in [-0.15, -0.1) is 0 Å². The van der Waals surface area contributed by atoms with Crippen molar-refractivity contribution >= 4 is 17.8 Å². The second-order valence-corrected chi connectivity index (χ2v) is 5.30. The van der Waals surface area contributed by atoms with Crippen molar-refractivity contribution in [3.63, 3.8) is 0 Å². The van der Waals surface area contributed by atoms with Gasteiger partial charge in [0.25, 0.3) is 5.69 Å². The Morgan fingerprint density at radius 1 is 1.20 bits per heavy atom. The smallest absolute Gasteiger partial charge is 0.269 e. The van der Waals surface area contributed by atoms with E-state index >= 15 is 0 Å². The van der Waals surface area contributed by atoms with Crippen LogP contribution in [0.3, 0.4) is 0 Å². The van der Waals surface area contributed by atoms with Crippen LogP contribution >= 0.6 is 0 Å². The fourth-order valence-corrected chi connectivity index (χ4v) is 2.32. The van der Waals surface area contributed by atoms with Crippen molar-refractivity contribution < 1.29 is 19.2 Å². The number of nitro benzene ring substituents is 1. The number of carbonyl (C=O) groups excluding carboxylic acids is 1. The van der Waals surface area contributed by atoms with Crippen molar-refractivity contribution in [3.05, 3.63) is 63.7 Å². The van der Waals surface area contributed by atoms with Crippen molar-refractivity contribution in [3.8, 4) is 11.5 Å². The molecule has 1 heterocycles. The molecule has 0 aromatic heterocycles. The molecule has 1 N–H and O–H groups in total. The first kappa shape index (κ1) is 16.4. The number of nitrogens with zero attached hydrogens (tertiary/aromatic N) is 2. The molecule has 3 rings (SSSR count). The minimum Gasteiger partial charge on any atom is -0.486 e. The molecule has 0 aliphatic carbocycles. The summed E-state index contributed by atoms with van der Waals surface area (Å²) >= 11 is 0. The molecule has 0 radical (unpaired) electrons. The highest BCUT2D eigenvalue weighted by atomic mass is 16.6. The minimum atomic E-state index is -0.499. The lowest BCUT2D eigenvalue weighted by atomic mass is 10.1. The van der Waals surface area contributed by atoms with Gasteiger partial charge in [-0.2, -0.15) is 5.10 Å². The Labute approximate surface area is 143 Å². The fraction of sp³-hybridized carbons (Fsp3) is 0.176. The highest BCUT2D eigenvalue weighted by Crippen LogP contribution is 2.30. The number of hydrazone groups is 1. The lowest BCUT2D eigenvalue weighted by Crippen LogP contribution is -2.19. The van der Waals surface area contributed by atoms with Gasteiger partial charge in [0.05, 0.1) is 17.6 Å². The van der Waals surface area contributed by atoms with Gasteiger partial charge in [0.2, 0.25) is 5.91 Å². The predicted molar refractivity (Wildman–Crippen MR) is 90.0 cm³/mol. The molecule has 0 saturated heterocycles. The zero-order valence-corrected chi connectivity index (χ0v) is 13.2. The van der Waals surface area contributed by atoms with Crippen LogP contribution in [-0.4, -0.2) is 30.3 Å². The van der Waals surface area contributed by atoms with Crippen LogP contribution in [0.4, 0.5) is 5.69 Å². The van der Waals surface area contributed by atoms with E-state index in [0.29, 0.717) is 30.3 Å². The van der Waals surface area contributed by atoms with Crippen LogP contribution in [0.2, 0.25) is 0 Å². The van der Waals surface area contributed by atoms with Crippen LogP contribution in [0.25, 0.3) is 0 Å². The third kappa shape index (κ3) is 4.31. The predicted octanol–water partition coefficient (Wildman–Crippen LogP) is 2.06. The zero-order valence-electron chi connectivity index (χ0n) is 13.2. The van der Waals surface area contributed by atoms with E-state index in [1.165, 1.54) is 18.3 Å². The molecule has 0 fully saturated rings. The van der Waals surface area contributed by atoms with Gasteiger partial charge >= 0.3 is 0 Å². The fourth-order valence-electron chi connectivity index (χ4n) is 2.32. The zero-order chi connectivity index (χ0) is 17.6. The molecular weight excluding hydrogens is 326 g/mol. The average Bonchev–Trinajstić information content (AvgIpc) is 2.62. The second kappa shape index (κ2) is 7.43. The molecule has 1 aliphatic rings. The van der Waals surface area contributed by atoms with Crippen LogP contribution in [0.15, 0.2) is 47.6 Å². The van der Waals surface area contributed by atoms with Gasteiger partial charge in [-0.3, -0.25) is 14.9 Å². The molecule has 8 nitrogen and oxygen atoms in total. The number of non-ortho nitro benzene ring substituents is 1. The monoisotopic (exact) mass is 341 g/mol. The van der Waals surface area contributed by atoms with Crippen molar-refractivity contribution in [1.29, 1.82) is 0 Å². The number of amides is 1. The highest BCUT2D eigenvalue weighted by molar-refractivity contribution is 5.84. The van der Waals surface area contributed by atoms with E-state index in [-0.39, 0.29) is 18.0 Å². The first-order valence-electron chi connectivity index (χ1n) is 7.57. The molecular formula is C17H15N3O5. The normalized spacial score (nSPS) is 12.8. The molecule has 0 saturated carbocycles. The number of hydrogen-bond donors (Lipinski definition) is 1. The number of nitro groups is 1. The quantitative estimate of drug-likeness (QED) is 0.509. The lowest BCUT2D eigenvalue weighted by Gasteiger charge is -2.18. The summed E-state index contributed by atoms with van der Waals surface area (Å²) in [4.78, 5) is 22.1. The Hall–Kier alpha value is -3.42. The summed E-state index contributed by atoms with van der Waals surface area (Å²) in [6, 6.07) is 11.3. The van der Waals surface area contributed by atoms with Crippen LogP contribution in [0.1, 0.15) is 11.1 Å². The lowest BCUT2D eigenvalue weighted by molar-refractivity contribution is -0.384. The number of nitrogens with one attached hydrogen (secondary N) is 1. The number of hydrogen-bond acceptors (Lipinski definition) is 6. The van der Waals surface area contributed by atoms with Crippen LogP contribution in [-0.2, 0) is 11.2 Å². The Morgan fingerprint density at radius 3 is 2.80 bits per heavy atom. The van der Waals surface area contributed by atoms with Gasteiger partial charge in [0, 0.05) is 12.1 Å².